The second-order valence-electron chi connectivity index (χ2n) is 4.18. The van der Waals surface area contributed by atoms with E-state index in [0.717, 1.165) is 19.4 Å². The summed E-state index contributed by atoms with van der Waals surface area (Å²) in [6, 6.07) is 0.396. The van der Waals surface area contributed by atoms with Crippen molar-refractivity contribution in [1.82, 2.24) is 15.5 Å². The molecule has 0 aromatic heterocycles. The molecular formula is C10H21N3O. The van der Waals surface area contributed by atoms with Crippen LogP contribution in [0.2, 0.25) is 0 Å². The molecule has 0 heterocycles. The van der Waals surface area contributed by atoms with Gasteiger partial charge in [0.15, 0.2) is 0 Å². The topological polar surface area (TPSA) is 44.4 Å². The number of hydrogen-bond acceptors (Lipinski definition) is 2. The Kier molecular flexibility index (Phi) is 4.73. The highest BCUT2D eigenvalue weighted by Crippen LogP contribution is 2.17. The summed E-state index contributed by atoms with van der Waals surface area (Å²) in [7, 11) is 3.99. The third kappa shape index (κ3) is 4.46. The van der Waals surface area contributed by atoms with Crippen LogP contribution in [0.15, 0.2) is 0 Å². The lowest BCUT2D eigenvalue weighted by Gasteiger charge is -2.14. The van der Waals surface area contributed by atoms with Crippen LogP contribution in [0.5, 0.6) is 0 Å². The van der Waals surface area contributed by atoms with Gasteiger partial charge in [-0.3, -0.25) is 0 Å². The molecule has 0 radical (unpaired) electrons. The Labute approximate surface area is 86.0 Å². The number of carbonyl (C=O) groups is 1. The molecule has 4 nitrogen and oxygen atoms in total. The van der Waals surface area contributed by atoms with Gasteiger partial charge in [0.2, 0.25) is 0 Å². The van der Waals surface area contributed by atoms with Gasteiger partial charge in [0.1, 0.15) is 0 Å². The van der Waals surface area contributed by atoms with Crippen LogP contribution in [0, 0.1) is 0 Å². The molecule has 0 aromatic carbocycles. The first-order valence-corrected chi connectivity index (χ1v) is 5.37. The second kappa shape index (κ2) is 5.86. The van der Waals surface area contributed by atoms with Crippen molar-refractivity contribution in [2.24, 2.45) is 0 Å². The lowest BCUT2D eigenvalue weighted by atomic mass is 10.2. The smallest absolute Gasteiger partial charge is 0.315 e. The number of carbonyl (C=O) groups excluding carboxylic acids is 1. The molecule has 14 heavy (non-hydrogen) atoms. The molecule has 1 saturated carbocycles. The van der Waals surface area contributed by atoms with Crippen LogP contribution in [-0.4, -0.2) is 44.2 Å². The number of nitrogens with zero attached hydrogens (tertiary/aromatic N) is 1. The van der Waals surface area contributed by atoms with E-state index in [9.17, 15) is 4.79 Å². The number of likely N-dealkylation sites (N-methyl/N-ethyl adjacent to an activating group) is 1. The molecule has 1 aliphatic rings. The van der Waals surface area contributed by atoms with Crippen molar-refractivity contribution in [1.29, 1.82) is 0 Å². The number of urea groups is 1. The van der Waals surface area contributed by atoms with Gasteiger partial charge in [0, 0.05) is 19.1 Å². The highest BCUT2D eigenvalue weighted by Gasteiger charge is 2.16. The maximum Gasteiger partial charge on any atom is 0.315 e. The monoisotopic (exact) mass is 199 g/mol. The van der Waals surface area contributed by atoms with Gasteiger partial charge in [-0.2, -0.15) is 0 Å². The van der Waals surface area contributed by atoms with Crippen molar-refractivity contribution in [3.8, 4) is 0 Å². The third-order valence-corrected chi connectivity index (χ3v) is 2.53. The molecule has 0 atom stereocenters. The van der Waals surface area contributed by atoms with Crippen LogP contribution in [-0.2, 0) is 0 Å². The second-order valence-corrected chi connectivity index (χ2v) is 4.18. The van der Waals surface area contributed by atoms with E-state index in [1.54, 1.807) is 0 Å². The maximum atomic E-state index is 11.3. The van der Waals surface area contributed by atoms with Crippen molar-refractivity contribution in [2.45, 2.75) is 31.7 Å². The van der Waals surface area contributed by atoms with Crippen LogP contribution in [0.1, 0.15) is 25.7 Å². The Bertz CT molecular complexity index is 176. The molecule has 4 heteroatoms. The molecule has 0 bridgehead atoms. The van der Waals surface area contributed by atoms with Crippen LogP contribution >= 0.6 is 0 Å². The maximum absolute atomic E-state index is 11.3. The molecule has 1 aliphatic carbocycles. The van der Waals surface area contributed by atoms with E-state index >= 15 is 0 Å². The standard InChI is InChI=1S/C10H21N3O/c1-13(2)8-7-11-10(14)12-9-5-3-4-6-9/h9H,3-8H2,1-2H3,(H2,11,12,14). The van der Waals surface area contributed by atoms with Gasteiger partial charge in [-0.15, -0.1) is 0 Å². The van der Waals surface area contributed by atoms with Gasteiger partial charge in [0.05, 0.1) is 0 Å². The third-order valence-electron chi connectivity index (χ3n) is 2.53. The van der Waals surface area contributed by atoms with Gasteiger partial charge >= 0.3 is 6.03 Å². The molecule has 0 aromatic rings. The summed E-state index contributed by atoms with van der Waals surface area (Å²) in [4.78, 5) is 13.4. The van der Waals surface area contributed by atoms with Crippen LogP contribution in [0.3, 0.4) is 0 Å². The van der Waals surface area contributed by atoms with E-state index < -0.39 is 0 Å². The van der Waals surface area contributed by atoms with Gasteiger partial charge in [-0.25, -0.2) is 4.79 Å². The van der Waals surface area contributed by atoms with Gasteiger partial charge < -0.3 is 15.5 Å². The average molecular weight is 199 g/mol. The summed E-state index contributed by atoms with van der Waals surface area (Å²) in [5, 5.41) is 5.83. The fraction of sp³-hybridized carbons (Fsp3) is 0.900. The van der Waals surface area contributed by atoms with Crippen LogP contribution in [0.25, 0.3) is 0 Å². The quantitative estimate of drug-likeness (QED) is 0.703. The van der Waals surface area contributed by atoms with Crippen molar-refractivity contribution >= 4 is 6.03 Å². The molecule has 0 aliphatic heterocycles. The molecule has 0 spiro atoms. The fourth-order valence-electron chi connectivity index (χ4n) is 1.70. The first-order valence-electron chi connectivity index (χ1n) is 5.37. The SMILES string of the molecule is CN(C)CCNC(=O)NC1CCCC1. The molecule has 0 saturated heterocycles. The predicted molar refractivity (Wildman–Crippen MR) is 57.3 cm³/mol. The summed E-state index contributed by atoms with van der Waals surface area (Å²) in [6.45, 7) is 1.60. The zero-order chi connectivity index (χ0) is 10.4. The largest absolute Gasteiger partial charge is 0.337 e. The molecule has 2 N–H and O–H groups in total. The van der Waals surface area contributed by atoms with E-state index in [1.165, 1.54) is 12.8 Å². The minimum atomic E-state index is -0.0150. The zero-order valence-electron chi connectivity index (χ0n) is 9.18. The molecular weight excluding hydrogens is 178 g/mol. The molecule has 82 valence electrons. The van der Waals surface area contributed by atoms with Crippen molar-refractivity contribution in [3.63, 3.8) is 0 Å². The predicted octanol–water partition coefficient (Wildman–Crippen LogP) is 0.790. The number of hydrogen-bond donors (Lipinski definition) is 2. The number of amides is 2. The minimum Gasteiger partial charge on any atom is -0.337 e. The Morgan fingerprint density at radius 2 is 2.00 bits per heavy atom. The highest BCUT2D eigenvalue weighted by atomic mass is 16.2. The normalized spacial score (nSPS) is 17.4. The zero-order valence-corrected chi connectivity index (χ0v) is 9.18. The first kappa shape index (κ1) is 11.3. The Morgan fingerprint density at radius 3 is 2.57 bits per heavy atom. The van der Waals surface area contributed by atoms with Crippen LogP contribution < -0.4 is 10.6 Å². The molecule has 2 amide bonds. The van der Waals surface area contributed by atoms with Gasteiger partial charge in [0.25, 0.3) is 0 Å². The van der Waals surface area contributed by atoms with Crippen molar-refractivity contribution < 1.29 is 4.79 Å². The number of nitrogens with one attached hydrogen (secondary N) is 2. The summed E-state index contributed by atoms with van der Waals surface area (Å²) < 4.78 is 0. The van der Waals surface area contributed by atoms with E-state index in [0.29, 0.717) is 12.6 Å². The Morgan fingerprint density at radius 1 is 1.36 bits per heavy atom. The summed E-state index contributed by atoms with van der Waals surface area (Å²) in [5.41, 5.74) is 0. The van der Waals surface area contributed by atoms with E-state index in [1.807, 2.05) is 14.1 Å². The highest BCUT2D eigenvalue weighted by molar-refractivity contribution is 5.74. The van der Waals surface area contributed by atoms with E-state index in [2.05, 4.69) is 15.5 Å². The Hall–Kier alpha value is -0.770. The molecule has 1 fully saturated rings. The summed E-state index contributed by atoms with van der Waals surface area (Å²) >= 11 is 0. The van der Waals surface area contributed by atoms with Gasteiger partial charge in [-0.05, 0) is 26.9 Å². The fourth-order valence-corrected chi connectivity index (χ4v) is 1.70. The number of rotatable bonds is 4. The molecule has 1 rings (SSSR count). The van der Waals surface area contributed by atoms with E-state index in [-0.39, 0.29) is 6.03 Å². The van der Waals surface area contributed by atoms with Gasteiger partial charge in [-0.1, -0.05) is 12.8 Å². The molecule has 0 unspecified atom stereocenters. The average Bonchev–Trinajstić information content (AvgIpc) is 2.56. The lowest BCUT2D eigenvalue weighted by molar-refractivity contribution is 0.235. The van der Waals surface area contributed by atoms with Crippen molar-refractivity contribution in [2.75, 3.05) is 27.2 Å². The van der Waals surface area contributed by atoms with Crippen molar-refractivity contribution in [3.05, 3.63) is 0 Å². The Balaban J connectivity index is 2.03. The summed E-state index contributed by atoms with van der Waals surface area (Å²) in [6.07, 6.45) is 4.79. The van der Waals surface area contributed by atoms with E-state index in [4.69, 9.17) is 0 Å². The first-order chi connectivity index (χ1) is 6.68. The van der Waals surface area contributed by atoms with Crippen LogP contribution in [0.4, 0.5) is 4.79 Å². The minimum absolute atomic E-state index is 0.0150. The lowest BCUT2D eigenvalue weighted by Crippen LogP contribution is -2.43. The summed E-state index contributed by atoms with van der Waals surface area (Å²) in [5.74, 6) is 0.